The van der Waals surface area contributed by atoms with E-state index < -0.39 is 5.97 Å². The van der Waals surface area contributed by atoms with Crippen molar-refractivity contribution in [3.8, 4) is 11.5 Å². The van der Waals surface area contributed by atoms with Gasteiger partial charge < -0.3 is 19.5 Å². The van der Waals surface area contributed by atoms with Gasteiger partial charge in [-0.15, -0.1) is 12.4 Å². The fraction of sp³-hybridized carbons (Fsp3) is 0.400. The van der Waals surface area contributed by atoms with Crippen LogP contribution >= 0.6 is 12.4 Å². The van der Waals surface area contributed by atoms with Crippen molar-refractivity contribution in [3.05, 3.63) is 65.7 Å². The van der Waals surface area contributed by atoms with Gasteiger partial charge in [-0.25, -0.2) is 0 Å². The Morgan fingerprint density at radius 1 is 1.00 bits per heavy atom. The van der Waals surface area contributed by atoms with Gasteiger partial charge in [-0.2, -0.15) is 0 Å². The maximum atomic E-state index is 10.8. The van der Waals surface area contributed by atoms with Crippen LogP contribution in [0.5, 0.6) is 11.5 Å². The summed E-state index contributed by atoms with van der Waals surface area (Å²) in [4.78, 5) is 13.3. The number of para-hydroxylation sites is 2. The zero-order chi connectivity index (χ0) is 20.8. The van der Waals surface area contributed by atoms with E-state index in [9.17, 15) is 4.79 Å². The smallest absolute Gasteiger partial charge is 0.303 e. The van der Waals surface area contributed by atoms with Crippen LogP contribution in [-0.4, -0.2) is 42.4 Å². The number of halogens is 1. The number of benzene rings is 2. The van der Waals surface area contributed by atoms with Gasteiger partial charge in [-0.05, 0) is 62.4 Å². The number of carboxylic acids is 1. The molecule has 6 heteroatoms. The lowest BCUT2D eigenvalue weighted by Crippen LogP contribution is -2.34. The molecule has 5 nitrogen and oxygen atoms in total. The number of hydrogen-bond acceptors (Lipinski definition) is 4. The predicted molar refractivity (Wildman–Crippen MR) is 124 cm³/mol. The molecule has 4 rings (SSSR count). The Kier molecular flexibility index (Phi) is 8.38. The van der Waals surface area contributed by atoms with Crippen molar-refractivity contribution in [2.45, 2.75) is 32.1 Å². The molecule has 1 fully saturated rings. The second-order valence-electron chi connectivity index (χ2n) is 8.02. The van der Waals surface area contributed by atoms with Gasteiger partial charge >= 0.3 is 5.97 Å². The van der Waals surface area contributed by atoms with E-state index >= 15 is 0 Å². The molecule has 31 heavy (non-hydrogen) atoms. The molecule has 1 N–H and O–H groups in total. The Labute approximate surface area is 190 Å². The third-order valence-electron chi connectivity index (χ3n) is 6.05. The molecule has 0 aliphatic carbocycles. The normalized spacial score (nSPS) is 16.5. The van der Waals surface area contributed by atoms with Gasteiger partial charge in [-0.1, -0.05) is 42.5 Å². The van der Waals surface area contributed by atoms with Crippen molar-refractivity contribution in [1.82, 2.24) is 4.90 Å². The SMILES string of the molecule is Cl.O=C(O)CCC1CCN(CCC=C2c3ccccc3OCOc3ccccc32)CC1. The van der Waals surface area contributed by atoms with Crippen LogP contribution in [0.2, 0.25) is 0 Å². The van der Waals surface area contributed by atoms with Crippen LogP contribution in [0.3, 0.4) is 0 Å². The maximum absolute atomic E-state index is 10.8. The molecule has 0 saturated carbocycles. The molecule has 2 heterocycles. The number of rotatable bonds is 6. The van der Waals surface area contributed by atoms with Crippen molar-refractivity contribution < 1.29 is 19.4 Å². The Bertz CT molecular complexity index is 856. The molecule has 2 aliphatic heterocycles. The van der Waals surface area contributed by atoms with Crippen LogP contribution in [0.4, 0.5) is 0 Å². The molecular weight excluding hydrogens is 414 g/mol. The van der Waals surface area contributed by atoms with Crippen molar-refractivity contribution in [2.75, 3.05) is 26.4 Å². The summed E-state index contributed by atoms with van der Waals surface area (Å²) in [6.45, 7) is 3.30. The second kappa shape index (κ2) is 11.2. The highest BCUT2D eigenvalue weighted by Gasteiger charge is 2.20. The van der Waals surface area contributed by atoms with Crippen molar-refractivity contribution in [2.24, 2.45) is 5.92 Å². The van der Waals surface area contributed by atoms with E-state index in [0.717, 1.165) is 73.5 Å². The third-order valence-corrected chi connectivity index (χ3v) is 6.05. The summed E-state index contributed by atoms with van der Waals surface area (Å²) in [5, 5.41) is 8.88. The van der Waals surface area contributed by atoms with E-state index in [1.54, 1.807) is 0 Å². The number of fused-ring (bicyclic) bond motifs is 2. The number of piperidine rings is 1. The molecule has 1 saturated heterocycles. The third kappa shape index (κ3) is 6.02. The van der Waals surface area contributed by atoms with E-state index in [2.05, 4.69) is 23.1 Å². The average molecular weight is 444 g/mol. The van der Waals surface area contributed by atoms with Gasteiger partial charge in [0.15, 0.2) is 0 Å². The average Bonchev–Trinajstić information content (AvgIpc) is 2.76. The van der Waals surface area contributed by atoms with Crippen molar-refractivity contribution in [1.29, 1.82) is 0 Å². The highest BCUT2D eigenvalue weighted by molar-refractivity contribution is 5.86. The molecule has 2 aromatic rings. The minimum absolute atomic E-state index is 0. The van der Waals surface area contributed by atoms with Crippen LogP contribution in [0, 0.1) is 5.92 Å². The second-order valence-corrected chi connectivity index (χ2v) is 8.02. The Morgan fingerprint density at radius 2 is 1.58 bits per heavy atom. The van der Waals surface area contributed by atoms with Crippen LogP contribution in [-0.2, 0) is 4.79 Å². The minimum Gasteiger partial charge on any atom is -0.481 e. The van der Waals surface area contributed by atoms with Gasteiger partial charge in [0.2, 0.25) is 6.79 Å². The van der Waals surface area contributed by atoms with Crippen molar-refractivity contribution >= 4 is 23.9 Å². The van der Waals surface area contributed by atoms with E-state index in [-0.39, 0.29) is 19.2 Å². The number of carboxylic acid groups (broad SMARTS) is 1. The van der Waals surface area contributed by atoms with Gasteiger partial charge in [0.25, 0.3) is 0 Å². The maximum Gasteiger partial charge on any atom is 0.303 e. The van der Waals surface area contributed by atoms with E-state index in [4.69, 9.17) is 14.6 Å². The highest BCUT2D eigenvalue weighted by atomic mass is 35.5. The number of hydrogen-bond donors (Lipinski definition) is 1. The number of aliphatic carboxylic acids is 1. The summed E-state index contributed by atoms with van der Waals surface area (Å²) in [6, 6.07) is 16.3. The summed E-state index contributed by atoms with van der Waals surface area (Å²) in [7, 11) is 0. The molecule has 0 amide bonds. The molecular formula is C25H30ClNO4. The van der Waals surface area contributed by atoms with Crippen LogP contribution < -0.4 is 9.47 Å². The summed E-state index contributed by atoms with van der Waals surface area (Å²) in [5.41, 5.74) is 3.35. The monoisotopic (exact) mass is 443 g/mol. The lowest BCUT2D eigenvalue weighted by molar-refractivity contribution is -0.137. The Morgan fingerprint density at radius 3 is 2.16 bits per heavy atom. The number of likely N-dealkylation sites (tertiary alicyclic amines) is 1. The molecule has 0 atom stereocenters. The first-order chi connectivity index (χ1) is 14.7. The summed E-state index contributed by atoms with van der Waals surface area (Å²) >= 11 is 0. The van der Waals surface area contributed by atoms with E-state index in [1.165, 1.54) is 0 Å². The zero-order valence-corrected chi connectivity index (χ0v) is 18.5. The quantitative estimate of drug-likeness (QED) is 0.661. The molecule has 2 aromatic carbocycles. The standard InChI is InChI=1S/C25H29NO4.ClH/c27-25(28)12-11-19-13-16-26(17-14-19)15-5-8-20-21-6-1-3-9-23(21)29-18-30-24-10-4-2-7-22(20)24;/h1-4,6-10,19H,5,11-18H2,(H,27,28);1H. The van der Waals surface area contributed by atoms with Crippen molar-refractivity contribution in [3.63, 3.8) is 0 Å². The topological polar surface area (TPSA) is 59.0 Å². The molecule has 0 bridgehead atoms. The summed E-state index contributed by atoms with van der Waals surface area (Å²) < 4.78 is 11.7. The van der Waals surface area contributed by atoms with Crippen LogP contribution in [0.15, 0.2) is 54.6 Å². The minimum atomic E-state index is -0.684. The molecule has 0 radical (unpaired) electrons. The fourth-order valence-corrected chi connectivity index (χ4v) is 4.37. The number of nitrogens with zero attached hydrogens (tertiary/aromatic N) is 1. The zero-order valence-electron chi connectivity index (χ0n) is 17.7. The Balaban J connectivity index is 0.00000272. The molecule has 166 valence electrons. The number of ether oxygens (including phenoxy) is 2. The molecule has 0 aromatic heterocycles. The van der Waals surface area contributed by atoms with Crippen LogP contribution in [0.25, 0.3) is 5.57 Å². The van der Waals surface area contributed by atoms with Gasteiger partial charge in [0.1, 0.15) is 11.5 Å². The van der Waals surface area contributed by atoms with Crippen LogP contribution in [0.1, 0.15) is 43.2 Å². The lowest BCUT2D eigenvalue weighted by Gasteiger charge is -2.31. The highest BCUT2D eigenvalue weighted by Crippen LogP contribution is 2.37. The van der Waals surface area contributed by atoms with Gasteiger partial charge in [-0.3, -0.25) is 4.79 Å². The lowest BCUT2D eigenvalue weighted by atomic mass is 9.92. The first kappa shape index (κ1) is 23.2. The van der Waals surface area contributed by atoms with E-state index in [1.807, 2.05) is 36.4 Å². The Hall–Kier alpha value is -2.50. The number of carbonyl (C=O) groups is 1. The largest absolute Gasteiger partial charge is 0.481 e. The fourth-order valence-electron chi connectivity index (χ4n) is 4.37. The summed E-state index contributed by atoms with van der Waals surface area (Å²) in [6.07, 6.45) is 6.53. The van der Waals surface area contributed by atoms with Gasteiger partial charge in [0.05, 0.1) is 0 Å². The first-order valence-electron chi connectivity index (χ1n) is 10.8. The summed E-state index contributed by atoms with van der Waals surface area (Å²) in [5.74, 6) is 1.56. The first-order valence-corrected chi connectivity index (χ1v) is 10.8. The molecule has 0 unspecified atom stereocenters. The molecule has 0 spiro atoms. The predicted octanol–water partition coefficient (Wildman–Crippen LogP) is 5.24. The molecule has 2 aliphatic rings. The van der Waals surface area contributed by atoms with E-state index in [0.29, 0.717) is 12.3 Å². The van der Waals surface area contributed by atoms with Gasteiger partial charge in [0, 0.05) is 24.1 Å².